The Morgan fingerprint density at radius 1 is 1.00 bits per heavy atom. The second-order valence-corrected chi connectivity index (χ2v) is 7.50. The fourth-order valence-corrected chi connectivity index (χ4v) is 3.59. The number of halogens is 3. The molecule has 1 heterocycles. The van der Waals surface area contributed by atoms with E-state index in [0.717, 1.165) is 40.3 Å². The topological polar surface area (TPSA) is 43.3 Å². The molecular weight excluding hydrogens is 405 g/mol. The number of alkyl halides is 3. The summed E-state index contributed by atoms with van der Waals surface area (Å²) in [6.45, 7) is 6.26. The minimum absolute atomic E-state index is 0.00459. The summed E-state index contributed by atoms with van der Waals surface area (Å²) in [5, 5.41) is 2.77. The van der Waals surface area contributed by atoms with Crippen LogP contribution < -0.4 is 10.1 Å². The molecule has 0 unspecified atom stereocenters. The molecule has 0 aliphatic carbocycles. The Morgan fingerprint density at radius 3 is 2.35 bits per heavy atom. The van der Waals surface area contributed by atoms with E-state index >= 15 is 0 Å². The molecule has 0 saturated carbocycles. The standard InChI is InChI=1S/C24H25F3N2O2/c1-15-16(2)22(29(17(15)3)14-19-8-6-10-21(12-19)31-4)23(30)28-13-18-7-5-9-20(11-18)24(25,26)27/h5-12H,13-14H2,1-4H3,(H,28,30). The van der Waals surface area contributed by atoms with Crippen molar-refractivity contribution >= 4 is 5.91 Å². The molecule has 0 spiro atoms. The number of aromatic nitrogens is 1. The van der Waals surface area contributed by atoms with Gasteiger partial charge >= 0.3 is 6.18 Å². The van der Waals surface area contributed by atoms with Crippen molar-refractivity contribution in [3.8, 4) is 5.75 Å². The summed E-state index contributed by atoms with van der Waals surface area (Å²) in [5.74, 6) is 0.403. The Hall–Kier alpha value is -3.22. The van der Waals surface area contributed by atoms with E-state index in [4.69, 9.17) is 4.74 Å². The molecule has 0 fully saturated rings. The van der Waals surface area contributed by atoms with Crippen LogP contribution in [0.4, 0.5) is 13.2 Å². The van der Waals surface area contributed by atoms with Gasteiger partial charge in [-0.15, -0.1) is 0 Å². The van der Waals surface area contributed by atoms with E-state index in [0.29, 0.717) is 17.8 Å². The number of hydrogen-bond acceptors (Lipinski definition) is 2. The van der Waals surface area contributed by atoms with Gasteiger partial charge in [0.15, 0.2) is 0 Å². The molecule has 0 saturated heterocycles. The molecule has 0 atom stereocenters. The summed E-state index contributed by atoms with van der Waals surface area (Å²) in [5.41, 5.74) is 3.96. The second-order valence-electron chi connectivity index (χ2n) is 7.50. The number of methoxy groups -OCH3 is 1. The third kappa shape index (κ3) is 4.93. The normalized spacial score (nSPS) is 11.5. The van der Waals surface area contributed by atoms with Crippen molar-refractivity contribution in [2.45, 2.75) is 40.0 Å². The first-order valence-electron chi connectivity index (χ1n) is 9.85. The van der Waals surface area contributed by atoms with Gasteiger partial charge in [0.25, 0.3) is 5.91 Å². The summed E-state index contributed by atoms with van der Waals surface area (Å²) in [6, 6.07) is 12.6. The number of benzene rings is 2. The van der Waals surface area contributed by atoms with Crippen molar-refractivity contribution in [1.82, 2.24) is 9.88 Å². The van der Waals surface area contributed by atoms with Gasteiger partial charge in [0, 0.05) is 18.8 Å². The zero-order chi connectivity index (χ0) is 22.8. The summed E-state index contributed by atoms with van der Waals surface area (Å²) in [7, 11) is 1.60. The van der Waals surface area contributed by atoms with Crippen LogP contribution >= 0.6 is 0 Å². The lowest BCUT2D eigenvalue weighted by molar-refractivity contribution is -0.137. The number of carbonyl (C=O) groups excluding carboxylic acids is 1. The van der Waals surface area contributed by atoms with Crippen molar-refractivity contribution in [1.29, 1.82) is 0 Å². The van der Waals surface area contributed by atoms with Crippen LogP contribution in [0.1, 0.15) is 44.0 Å². The highest BCUT2D eigenvalue weighted by molar-refractivity contribution is 5.95. The monoisotopic (exact) mass is 430 g/mol. The molecule has 0 bridgehead atoms. The van der Waals surface area contributed by atoms with E-state index in [1.54, 1.807) is 13.2 Å². The Balaban J connectivity index is 1.85. The van der Waals surface area contributed by atoms with Crippen LogP contribution in [0.25, 0.3) is 0 Å². The molecule has 1 amide bonds. The summed E-state index contributed by atoms with van der Waals surface area (Å²) < 4.78 is 46.1. The molecule has 0 radical (unpaired) electrons. The average molecular weight is 430 g/mol. The zero-order valence-electron chi connectivity index (χ0n) is 17.9. The SMILES string of the molecule is COc1cccc(Cn2c(C)c(C)c(C)c2C(=O)NCc2cccc(C(F)(F)F)c2)c1. The van der Waals surface area contributed by atoms with Crippen molar-refractivity contribution < 1.29 is 22.7 Å². The van der Waals surface area contributed by atoms with Crippen LogP contribution in [0.3, 0.4) is 0 Å². The Bertz CT molecular complexity index is 1100. The van der Waals surface area contributed by atoms with Gasteiger partial charge in [0.05, 0.1) is 12.7 Å². The molecular formula is C24H25F3N2O2. The van der Waals surface area contributed by atoms with Crippen LogP contribution in [0.2, 0.25) is 0 Å². The van der Waals surface area contributed by atoms with Gasteiger partial charge in [-0.3, -0.25) is 4.79 Å². The maximum atomic E-state index is 13.0. The van der Waals surface area contributed by atoms with Gasteiger partial charge in [0.1, 0.15) is 11.4 Å². The third-order valence-corrected chi connectivity index (χ3v) is 5.53. The zero-order valence-corrected chi connectivity index (χ0v) is 17.9. The lowest BCUT2D eigenvalue weighted by Gasteiger charge is -2.14. The molecule has 0 aliphatic heterocycles. The van der Waals surface area contributed by atoms with Crippen molar-refractivity contribution in [2.75, 3.05) is 7.11 Å². The van der Waals surface area contributed by atoms with E-state index in [2.05, 4.69) is 5.32 Å². The Morgan fingerprint density at radius 2 is 1.68 bits per heavy atom. The van der Waals surface area contributed by atoms with Crippen molar-refractivity contribution in [3.63, 3.8) is 0 Å². The first-order chi connectivity index (χ1) is 14.6. The highest BCUT2D eigenvalue weighted by atomic mass is 19.4. The van der Waals surface area contributed by atoms with Gasteiger partial charge in [-0.05, 0) is 67.3 Å². The molecule has 3 aromatic rings. The molecule has 1 aromatic heterocycles. The quantitative estimate of drug-likeness (QED) is 0.568. The van der Waals surface area contributed by atoms with Gasteiger partial charge in [-0.25, -0.2) is 0 Å². The number of ether oxygens (including phenoxy) is 1. The average Bonchev–Trinajstić information content (AvgIpc) is 2.95. The largest absolute Gasteiger partial charge is 0.497 e. The molecule has 4 nitrogen and oxygen atoms in total. The lowest BCUT2D eigenvalue weighted by Crippen LogP contribution is -2.27. The summed E-state index contributed by atoms with van der Waals surface area (Å²) in [6.07, 6.45) is -4.42. The second kappa shape index (κ2) is 8.88. The molecule has 31 heavy (non-hydrogen) atoms. The first kappa shape index (κ1) is 22.5. The molecule has 3 rings (SSSR count). The van der Waals surface area contributed by atoms with Gasteiger partial charge < -0.3 is 14.6 Å². The Kier molecular flexibility index (Phi) is 6.43. The van der Waals surface area contributed by atoms with E-state index < -0.39 is 11.7 Å². The number of rotatable bonds is 6. The lowest BCUT2D eigenvalue weighted by atomic mass is 10.1. The predicted octanol–water partition coefficient (Wildman–Crippen LogP) is 5.42. The number of nitrogens with zero attached hydrogens (tertiary/aromatic N) is 1. The van der Waals surface area contributed by atoms with Crippen molar-refractivity contribution in [2.24, 2.45) is 0 Å². The maximum absolute atomic E-state index is 13.0. The van der Waals surface area contributed by atoms with Crippen molar-refractivity contribution in [3.05, 3.63) is 87.7 Å². The smallest absolute Gasteiger partial charge is 0.416 e. The van der Waals surface area contributed by atoms with E-state index in [1.807, 2.05) is 49.6 Å². The minimum Gasteiger partial charge on any atom is -0.497 e. The molecule has 1 N–H and O–H groups in total. The van der Waals surface area contributed by atoms with E-state index in [1.165, 1.54) is 6.07 Å². The van der Waals surface area contributed by atoms with Gasteiger partial charge in [-0.1, -0.05) is 24.3 Å². The van der Waals surface area contributed by atoms with E-state index in [-0.39, 0.29) is 12.5 Å². The van der Waals surface area contributed by atoms with Crippen LogP contribution in [0.5, 0.6) is 5.75 Å². The van der Waals surface area contributed by atoms with Crippen LogP contribution in [0.15, 0.2) is 48.5 Å². The van der Waals surface area contributed by atoms with Gasteiger partial charge in [0.2, 0.25) is 0 Å². The minimum atomic E-state index is -4.42. The number of carbonyl (C=O) groups is 1. The fourth-order valence-electron chi connectivity index (χ4n) is 3.59. The van der Waals surface area contributed by atoms with Crippen LogP contribution in [-0.4, -0.2) is 17.6 Å². The number of nitrogens with one attached hydrogen (secondary N) is 1. The molecule has 7 heteroatoms. The van der Waals surface area contributed by atoms with Gasteiger partial charge in [-0.2, -0.15) is 13.2 Å². The van der Waals surface area contributed by atoms with Crippen LogP contribution in [0, 0.1) is 20.8 Å². The highest BCUT2D eigenvalue weighted by Gasteiger charge is 2.30. The van der Waals surface area contributed by atoms with E-state index in [9.17, 15) is 18.0 Å². The molecule has 0 aliphatic rings. The molecule has 164 valence electrons. The first-order valence-corrected chi connectivity index (χ1v) is 9.85. The maximum Gasteiger partial charge on any atom is 0.416 e. The predicted molar refractivity (Wildman–Crippen MR) is 113 cm³/mol. The summed E-state index contributed by atoms with van der Waals surface area (Å²) in [4.78, 5) is 13.0. The number of hydrogen-bond donors (Lipinski definition) is 1. The third-order valence-electron chi connectivity index (χ3n) is 5.53. The Labute approximate surface area is 179 Å². The highest BCUT2D eigenvalue weighted by Crippen LogP contribution is 2.29. The number of amides is 1. The molecule has 2 aromatic carbocycles. The summed E-state index contributed by atoms with van der Waals surface area (Å²) >= 11 is 0. The van der Waals surface area contributed by atoms with Crippen LogP contribution in [-0.2, 0) is 19.3 Å². The fraction of sp³-hybridized carbons (Fsp3) is 0.292.